The maximum atomic E-state index is 13.4. The molecule has 0 bridgehead atoms. The van der Waals surface area contributed by atoms with E-state index < -0.39 is 17.7 Å². The molecule has 1 atom stereocenters. The quantitative estimate of drug-likeness (QED) is 0.128. The van der Waals surface area contributed by atoms with Crippen molar-refractivity contribution in [2.75, 3.05) is 11.5 Å². The average Bonchev–Trinajstić information content (AvgIpc) is 3.38. The first-order chi connectivity index (χ1) is 17.6. The maximum absolute atomic E-state index is 13.4. The van der Waals surface area contributed by atoms with Crippen molar-refractivity contribution in [3.05, 3.63) is 80.9 Å². The second-order valence-corrected chi connectivity index (χ2v) is 10.2. The molecule has 0 radical (unpaired) electrons. The van der Waals surface area contributed by atoms with E-state index >= 15 is 0 Å². The summed E-state index contributed by atoms with van der Waals surface area (Å²) >= 11 is 1.06. The lowest BCUT2D eigenvalue weighted by molar-refractivity contribution is -0.132. The van der Waals surface area contributed by atoms with Crippen molar-refractivity contribution in [1.82, 2.24) is 4.98 Å². The van der Waals surface area contributed by atoms with Gasteiger partial charge in [-0.05, 0) is 56.5 Å². The van der Waals surface area contributed by atoms with Crippen LogP contribution < -0.4 is 9.64 Å². The third kappa shape index (κ3) is 5.06. The number of thiazole rings is 1. The number of aromatic nitrogens is 1. The van der Waals surface area contributed by atoms with Crippen LogP contribution in [0.3, 0.4) is 0 Å². The number of nitrogens with zero attached hydrogens (tertiary/aromatic N) is 2. The van der Waals surface area contributed by atoms with Gasteiger partial charge in [-0.3, -0.25) is 19.3 Å². The van der Waals surface area contributed by atoms with Crippen LogP contribution in [0.4, 0.5) is 5.13 Å². The molecule has 2 aromatic carbocycles. The molecule has 3 aromatic rings. The fraction of sp³-hybridized carbons (Fsp3) is 0.310. The zero-order chi connectivity index (χ0) is 26.9. The average molecular weight is 519 g/mol. The Morgan fingerprint density at radius 1 is 1.11 bits per heavy atom. The van der Waals surface area contributed by atoms with Crippen LogP contribution in [0.15, 0.2) is 48.0 Å². The first kappa shape index (κ1) is 26.3. The highest BCUT2D eigenvalue weighted by molar-refractivity contribution is 7.18. The maximum Gasteiger partial charge on any atom is 0.301 e. The van der Waals surface area contributed by atoms with Gasteiger partial charge in [-0.25, -0.2) is 4.98 Å². The molecule has 0 aliphatic carbocycles. The van der Waals surface area contributed by atoms with Crippen LogP contribution in [0.2, 0.25) is 0 Å². The van der Waals surface area contributed by atoms with Crippen LogP contribution in [0.25, 0.3) is 5.76 Å². The summed E-state index contributed by atoms with van der Waals surface area (Å²) in [6, 6.07) is 11.8. The Bertz CT molecular complexity index is 1400. The standard InChI is InChI=1S/C29H30N2O5S/c1-6-7-14-36-21-12-10-20(11-13-21)24-23(25(33)22-15-16(2)8-9-17(22)3)26(34)28(35)31(24)29-30-18(4)27(37-29)19(5)32/h8-13,15,24,33H,6-7,14H2,1-5H3. The van der Waals surface area contributed by atoms with Crippen molar-refractivity contribution in [2.24, 2.45) is 0 Å². The number of carbonyl (C=O) groups is 3. The number of aliphatic hydroxyl groups excluding tert-OH is 1. The summed E-state index contributed by atoms with van der Waals surface area (Å²) < 4.78 is 5.78. The number of unbranched alkanes of at least 4 members (excludes halogenated alkanes) is 1. The molecular weight excluding hydrogens is 488 g/mol. The second kappa shape index (κ2) is 10.7. The molecule has 1 aliphatic heterocycles. The van der Waals surface area contributed by atoms with Crippen molar-refractivity contribution >= 4 is 39.7 Å². The lowest BCUT2D eigenvalue weighted by atomic mass is 9.93. The van der Waals surface area contributed by atoms with Gasteiger partial charge in [0.15, 0.2) is 10.9 Å². The summed E-state index contributed by atoms with van der Waals surface area (Å²) in [6.07, 6.45) is 1.94. The first-order valence-electron chi connectivity index (χ1n) is 12.2. The highest BCUT2D eigenvalue weighted by Gasteiger charge is 2.48. The normalized spacial score (nSPS) is 16.9. The number of amides is 1. The van der Waals surface area contributed by atoms with Gasteiger partial charge in [0.25, 0.3) is 5.78 Å². The monoisotopic (exact) mass is 518 g/mol. The van der Waals surface area contributed by atoms with Crippen molar-refractivity contribution in [1.29, 1.82) is 0 Å². The number of ether oxygens (including phenoxy) is 1. The molecule has 1 amide bonds. The fourth-order valence-electron chi connectivity index (χ4n) is 4.37. The lowest BCUT2D eigenvalue weighted by Crippen LogP contribution is -2.29. The minimum Gasteiger partial charge on any atom is -0.507 e. The predicted octanol–water partition coefficient (Wildman–Crippen LogP) is 6.08. The number of rotatable bonds is 8. The van der Waals surface area contributed by atoms with Crippen molar-refractivity contribution < 1.29 is 24.2 Å². The summed E-state index contributed by atoms with van der Waals surface area (Å²) in [5.41, 5.74) is 3.26. The zero-order valence-electron chi connectivity index (χ0n) is 21.6. The largest absolute Gasteiger partial charge is 0.507 e. The van der Waals surface area contributed by atoms with Gasteiger partial charge in [-0.15, -0.1) is 0 Å². The molecule has 1 unspecified atom stereocenters. The first-order valence-corrected chi connectivity index (χ1v) is 13.1. The summed E-state index contributed by atoms with van der Waals surface area (Å²) in [7, 11) is 0. The van der Waals surface area contributed by atoms with E-state index in [2.05, 4.69) is 11.9 Å². The van der Waals surface area contributed by atoms with Crippen molar-refractivity contribution in [3.8, 4) is 5.75 Å². The smallest absolute Gasteiger partial charge is 0.301 e. The number of hydrogen-bond donors (Lipinski definition) is 1. The molecule has 0 saturated carbocycles. The Morgan fingerprint density at radius 2 is 1.81 bits per heavy atom. The Morgan fingerprint density at radius 3 is 2.43 bits per heavy atom. The lowest BCUT2D eigenvalue weighted by Gasteiger charge is -2.23. The Balaban J connectivity index is 1.89. The molecule has 1 N–H and O–H groups in total. The SMILES string of the molecule is CCCCOc1ccc(C2C(=C(O)c3cc(C)ccc3C)C(=O)C(=O)N2c2nc(C)c(C(C)=O)s2)cc1. The van der Waals surface area contributed by atoms with Gasteiger partial charge >= 0.3 is 5.91 Å². The molecule has 1 aliphatic rings. The molecule has 37 heavy (non-hydrogen) atoms. The summed E-state index contributed by atoms with van der Waals surface area (Å²) in [5, 5.41) is 11.7. The minimum absolute atomic E-state index is 0.0180. The van der Waals surface area contributed by atoms with Crippen LogP contribution in [0.1, 0.15) is 70.4 Å². The van der Waals surface area contributed by atoms with E-state index in [9.17, 15) is 19.5 Å². The van der Waals surface area contributed by atoms with E-state index in [0.717, 1.165) is 35.3 Å². The molecule has 1 saturated heterocycles. The number of aryl methyl sites for hydroxylation is 3. The third-order valence-electron chi connectivity index (χ3n) is 6.37. The Hall–Kier alpha value is -3.78. The van der Waals surface area contributed by atoms with Crippen LogP contribution >= 0.6 is 11.3 Å². The highest BCUT2D eigenvalue weighted by Crippen LogP contribution is 2.44. The van der Waals surface area contributed by atoms with Crippen molar-refractivity contribution in [2.45, 2.75) is 53.5 Å². The second-order valence-electron chi connectivity index (χ2n) is 9.23. The number of carbonyl (C=O) groups excluding carboxylic acids is 3. The van der Waals surface area contributed by atoms with Gasteiger partial charge in [0, 0.05) is 12.5 Å². The highest BCUT2D eigenvalue weighted by atomic mass is 32.1. The van der Waals surface area contributed by atoms with Gasteiger partial charge in [-0.1, -0.05) is 54.5 Å². The molecule has 2 heterocycles. The van der Waals surface area contributed by atoms with E-state index in [1.165, 1.54) is 11.8 Å². The molecule has 0 spiro atoms. The zero-order valence-corrected chi connectivity index (χ0v) is 22.4. The van der Waals surface area contributed by atoms with E-state index in [1.54, 1.807) is 37.3 Å². The van der Waals surface area contributed by atoms with E-state index in [-0.39, 0.29) is 22.2 Å². The topological polar surface area (TPSA) is 96.8 Å². The molecule has 7 nitrogen and oxygen atoms in total. The van der Waals surface area contributed by atoms with Gasteiger partial charge < -0.3 is 9.84 Å². The predicted molar refractivity (Wildman–Crippen MR) is 144 cm³/mol. The van der Waals surface area contributed by atoms with Gasteiger partial charge in [0.1, 0.15) is 11.5 Å². The number of aliphatic hydroxyl groups is 1. The van der Waals surface area contributed by atoms with Crippen molar-refractivity contribution in [3.63, 3.8) is 0 Å². The van der Waals surface area contributed by atoms with Gasteiger partial charge in [0.05, 0.1) is 28.8 Å². The molecule has 4 rings (SSSR count). The Labute approximate surface area is 220 Å². The summed E-state index contributed by atoms with van der Waals surface area (Å²) in [6.45, 7) is 9.54. The fourth-order valence-corrected chi connectivity index (χ4v) is 5.36. The number of anilines is 1. The molecule has 1 aromatic heterocycles. The third-order valence-corrected chi connectivity index (χ3v) is 7.62. The molecule has 192 valence electrons. The molecular formula is C29H30N2O5S. The number of benzene rings is 2. The molecule has 8 heteroatoms. The summed E-state index contributed by atoms with van der Waals surface area (Å²) in [5.74, 6) is -1.34. The van der Waals surface area contributed by atoms with Crippen LogP contribution in [0, 0.1) is 20.8 Å². The summed E-state index contributed by atoms with van der Waals surface area (Å²) in [4.78, 5) is 45.1. The van der Waals surface area contributed by atoms with Crippen LogP contribution in [-0.2, 0) is 9.59 Å². The van der Waals surface area contributed by atoms with E-state index in [0.29, 0.717) is 34.1 Å². The molecule has 1 fully saturated rings. The van der Waals surface area contributed by atoms with E-state index in [4.69, 9.17) is 4.74 Å². The van der Waals surface area contributed by atoms with Crippen LogP contribution in [-0.4, -0.2) is 34.2 Å². The van der Waals surface area contributed by atoms with E-state index in [1.807, 2.05) is 26.0 Å². The Kier molecular flexibility index (Phi) is 7.59. The number of hydrogen-bond acceptors (Lipinski definition) is 7. The van der Waals surface area contributed by atoms with Gasteiger partial charge in [0.2, 0.25) is 0 Å². The van der Waals surface area contributed by atoms with Crippen LogP contribution in [0.5, 0.6) is 5.75 Å². The number of Topliss-reactive ketones (excluding diaryl/α,β-unsaturated/α-hetero) is 2. The van der Waals surface area contributed by atoms with Gasteiger partial charge in [-0.2, -0.15) is 0 Å². The number of ketones is 2. The minimum atomic E-state index is -0.921.